The van der Waals surface area contributed by atoms with Crippen molar-refractivity contribution in [1.29, 1.82) is 0 Å². The van der Waals surface area contributed by atoms with E-state index >= 15 is 0 Å². The molecule has 0 aliphatic heterocycles. The highest BCUT2D eigenvalue weighted by Crippen LogP contribution is 2.26. The van der Waals surface area contributed by atoms with Gasteiger partial charge in [0.2, 0.25) is 0 Å². The van der Waals surface area contributed by atoms with Crippen LogP contribution in [0.3, 0.4) is 0 Å². The number of ketones is 1. The summed E-state index contributed by atoms with van der Waals surface area (Å²) in [6.45, 7) is 0. The molecule has 0 amide bonds. The number of allylic oxidation sites excluding steroid dienone is 2. The fourth-order valence-electron chi connectivity index (χ4n) is 1.66. The van der Waals surface area contributed by atoms with Crippen molar-refractivity contribution in [3.63, 3.8) is 0 Å². The molecule has 14 heavy (non-hydrogen) atoms. The van der Waals surface area contributed by atoms with Crippen LogP contribution in [0, 0.1) is 0 Å². The van der Waals surface area contributed by atoms with Crippen molar-refractivity contribution >= 4 is 17.4 Å². The molecule has 0 radical (unpaired) electrons. The molecule has 0 N–H and O–H groups in total. The molecule has 1 aliphatic carbocycles. The lowest BCUT2D eigenvalue weighted by Gasteiger charge is -2.05. The van der Waals surface area contributed by atoms with E-state index in [0.29, 0.717) is 0 Å². The van der Waals surface area contributed by atoms with Gasteiger partial charge in [0.15, 0.2) is 5.78 Å². The van der Waals surface area contributed by atoms with Gasteiger partial charge in [-0.25, -0.2) is 0 Å². The van der Waals surface area contributed by atoms with E-state index in [1.165, 1.54) is 0 Å². The van der Waals surface area contributed by atoms with Crippen LogP contribution in [0.2, 0.25) is 0 Å². The van der Waals surface area contributed by atoms with Gasteiger partial charge in [-0.15, -0.1) is 11.6 Å². The summed E-state index contributed by atoms with van der Waals surface area (Å²) < 4.78 is 0. The maximum absolute atomic E-state index is 11.9. The first-order chi connectivity index (χ1) is 6.79. The Labute approximate surface area is 88.4 Å². The van der Waals surface area contributed by atoms with Gasteiger partial charge < -0.3 is 0 Å². The van der Waals surface area contributed by atoms with Gasteiger partial charge in [0.05, 0.1) is 5.38 Å². The highest BCUT2D eigenvalue weighted by Gasteiger charge is 2.23. The molecular weight excluding hydrogens is 196 g/mol. The molecule has 1 unspecified atom stereocenters. The van der Waals surface area contributed by atoms with Crippen LogP contribution in [-0.2, 0) is 0 Å². The quantitative estimate of drug-likeness (QED) is 0.537. The number of rotatable bonds is 2. The Balaban J connectivity index is 2.25. The number of benzene rings is 1. The molecular formula is C12H11ClO. The molecule has 0 aromatic heterocycles. The van der Waals surface area contributed by atoms with E-state index in [1.54, 1.807) is 0 Å². The van der Waals surface area contributed by atoms with E-state index in [9.17, 15) is 4.79 Å². The van der Waals surface area contributed by atoms with E-state index in [2.05, 4.69) is 0 Å². The second kappa shape index (κ2) is 3.97. The summed E-state index contributed by atoms with van der Waals surface area (Å²) in [5, 5.41) is -0.0947. The lowest BCUT2D eigenvalue weighted by Crippen LogP contribution is -2.09. The fourth-order valence-corrected chi connectivity index (χ4v) is 1.97. The number of carbonyl (C=O) groups excluding carboxylic acids is 1. The zero-order valence-electron chi connectivity index (χ0n) is 7.74. The first kappa shape index (κ1) is 9.47. The van der Waals surface area contributed by atoms with Crippen molar-refractivity contribution in [2.75, 3.05) is 0 Å². The average Bonchev–Trinajstić information content (AvgIpc) is 2.65. The molecule has 1 aromatic rings. The minimum absolute atomic E-state index is 0.0723. The number of carbonyl (C=O) groups is 1. The van der Waals surface area contributed by atoms with Crippen LogP contribution >= 0.6 is 11.6 Å². The van der Waals surface area contributed by atoms with Crippen LogP contribution < -0.4 is 0 Å². The monoisotopic (exact) mass is 206 g/mol. The zero-order valence-corrected chi connectivity index (χ0v) is 8.50. The summed E-state index contributed by atoms with van der Waals surface area (Å²) in [4.78, 5) is 11.9. The second-order valence-electron chi connectivity index (χ2n) is 3.40. The van der Waals surface area contributed by atoms with Gasteiger partial charge >= 0.3 is 0 Å². The summed E-state index contributed by atoms with van der Waals surface area (Å²) in [7, 11) is 0. The third-order valence-electron chi connectivity index (χ3n) is 2.42. The van der Waals surface area contributed by atoms with E-state index in [-0.39, 0.29) is 11.2 Å². The van der Waals surface area contributed by atoms with Crippen molar-refractivity contribution in [1.82, 2.24) is 0 Å². The SMILES string of the molecule is O=C(C1=CCCC1Cl)c1ccccc1. The van der Waals surface area contributed by atoms with Gasteiger partial charge in [0, 0.05) is 11.1 Å². The number of hydrogen-bond donors (Lipinski definition) is 0. The molecule has 0 heterocycles. The first-order valence-electron chi connectivity index (χ1n) is 4.73. The molecule has 72 valence electrons. The second-order valence-corrected chi connectivity index (χ2v) is 3.93. The normalized spacial score (nSPS) is 20.6. The molecule has 1 atom stereocenters. The molecule has 0 fully saturated rings. The van der Waals surface area contributed by atoms with Crippen molar-refractivity contribution in [2.24, 2.45) is 0 Å². The Morgan fingerprint density at radius 1 is 1.29 bits per heavy atom. The van der Waals surface area contributed by atoms with Crippen LogP contribution in [0.5, 0.6) is 0 Å². The lowest BCUT2D eigenvalue weighted by molar-refractivity contribution is 0.103. The van der Waals surface area contributed by atoms with Gasteiger partial charge in [-0.05, 0) is 12.8 Å². The third-order valence-corrected chi connectivity index (χ3v) is 2.87. The Morgan fingerprint density at radius 2 is 2.00 bits per heavy atom. The largest absolute Gasteiger partial charge is 0.289 e. The first-order valence-corrected chi connectivity index (χ1v) is 5.16. The van der Waals surface area contributed by atoms with Gasteiger partial charge in [0.1, 0.15) is 0 Å². The molecule has 0 bridgehead atoms. The smallest absolute Gasteiger partial charge is 0.190 e. The molecule has 2 rings (SSSR count). The fraction of sp³-hybridized carbons (Fsp3) is 0.250. The molecule has 1 nitrogen and oxygen atoms in total. The van der Waals surface area contributed by atoms with Crippen molar-refractivity contribution in [3.05, 3.63) is 47.5 Å². The van der Waals surface area contributed by atoms with E-state index in [0.717, 1.165) is 24.0 Å². The highest BCUT2D eigenvalue weighted by molar-refractivity contribution is 6.28. The van der Waals surface area contributed by atoms with Gasteiger partial charge in [-0.2, -0.15) is 0 Å². The molecule has 1 aromatic carbocycles. The molecule has 0 saturated carbocycles. The average molecular weight is 207 g/mol. The molecule has 0 spiro atoms. The summed E-state index contributed by atoms with van der Waals surface area (Å²) in [6, 6.07) is 9.28. The van der Waals surface area contributed by atoms with Crippen molar-refractivity contribution in [2.45, 2.75) is 18.2 Å². The topological polar surface area (TPSA) is 17.1 Å². The number of alkyl halides is 1. The van der Waals surface area contributed by atoms with E-state index in [4.69, 9.17) is 11.6 Å². The van der Waals surface area contributed by atoms with Gasteiger partial charge in [-0.1, -0.05) is 36.4 Å². The van der Waals surface area contributed by atoms with E-state index in [1.807, 2.05) is 36.4 Å². The summed E-state index contributed by atoms with van der Waals surface area (Å²) >= 11 is 6.03. The van der Waals surface area contributed by atoms with Gasteiger partial charge in [-0.3, -0.25) is 4.79 Å². The van der Waals surface area contributed by atoms with E-state index < -0.39 is 0 Å². The Kier molecular flexibility index (Phi) is 2.69. The summed E-state index contributed by atoms with van der Waals surface area (Å²) in [6.07, 6.45) is 3.75. The summed E-state index contributed by atoms with van der Waals surface area (Å²) in [5.41, 5.74) is 1.49. The minimum Gasteiger partial charge on any atom is -0.289 e. The van der Waals surface area contributed by atoms with Crippen LogP contribution in [0.1, 0.15) is 23.2 Å². The van der Waals surface area contributed by atoms with Crippen LogP contribution in [0.4, 0.5) is 0 Å². The molecule has 1 aliphatic rings. The Morgan fingerprint density at radius 3 is 2.57 bits per heavy atom. The van der Waals surface area contributed by atoms with Crippen molar-refractivity contribution < 1.29 is 4.79 Å². The van der Waals surface area contributed by atoms with Gasteiger partial charge in [0.25, 0.3) is 0 Å². The van der Waals surface area contributed by atoms with Crippen molar-refractivity contribution in [3.8, 4) is 0 Å². The zero-order chi connectivity index (χ0) is 9.97. The lowest BCUT2D eigenvalue weighted by atomic mass is 10.0. The predicted octanol–water partition coefficient (Wildman–Crippen LogP) is 3.20. The number of hydrogen-bond acceptors (Lipinski definition) is 1. The highest BCUT2D eigenvalue weighted by atomic mass is 35.5. The molecule has 0 saturated heterocycles. The maximum atomic E-state index is 11.9. The van der Waals surface area contributed by atoms with Crippen LogP contribution in [0.25, 0.3) is 0 Å². The number of Topliss-reactive ketones (excluding diaryl/α,β-unsaturated/α-hetero) is 1. The summed E-state index contributed by atoms with van der Waals surface area (Å²) in [5.74, 6) is 0.0723. The van der Waals surface area contributed by atoms with Crippen LogP contribution in [-0.4, -0.2) is 11.2 Å². The van der Waals surface area contributed by atoms with Crippen LogP contribution in [0.15, 0.2) is 42.0 Å². The third kappa shape index (κ3) is 1.73. The Bertz CT molecular complexity index is 367. The Hall–Kier alpha value is -1.08. The minimum atomic E-state index is -0.0947. The standard InChI is InChI=1S/C12H11ClO/c13-11-8-4-7-10(11)12(14)9-5-2-1-3-6-9/h1-3,5-7,11H,4,8H2. The maximum Gasteiger partial charge on any atom is 0.190 e. The number of halogens is 1. The predicted molar refractivity (Wildman–Crippen MR) is 57.7 cm³/mol. The molecule has 2 heteroatoms.